The SMILES string of the molecule is COc1ccc(CCNc2ncnc3c2[nH]c2ccc(Cl)cc23)cc1. The molecule has 6 heteroatoms. The summed E-state index contributed by atoms with van der Waals surface area (Å²) in [5.74, 6) is 1.66. The second kappa shape index (κ2) is 6.61. The highest BCUT2D eigenvalue weighted by Crippen LogP contribution is 2.29. The lowest BCUT2D eigenvalue weighted by molar-refractivity contribution is 0.414. The van der Waals surface area contributed by atoms with Gasteiger partial charge in [0.25, 0.3) is 0 Å². The van der Waals surface area contributed by atoms with E-state index in [1.54, 1.807) is 13.4 Å². The van der Waals surface area contributed by atoms with Gasteiger partial charge in [0, 0.05) is 22.5 Å². The van der Waals surface area contributed by atoms with Gasteiger partial charge in [0.1, 0.15) is 23.1 Å². The summed E-state index contributed by atoms with van der Waals surface area (Å²) in [6.45, 7) is 0.772. The van der Waals surface area contributed by atoms with Crippen LogP contribution in [-0.4, -0.2) is 28.6 Å². The van der Waals surface area contributed by atoms with Crippen molar-refractivity contribution in [3.05, 3.63) is 59.4 Å². The molecule has 0 saturated heterocycles. The molecule has 2 heterocycles. The molecule has 0 spiro atoms. The number of fused-ring (bicyclic) bond motifs is 3. The van der Waals surface area contributed by atoms with Gasteiger partial charge in [-0.05, 0) is 42.3 Å². The summed E-state index contributed by atoms with van der Waals surface area (Å²) in [6, 6.07) is 13.8. The van der Waals surface area contributed by atoms with Crippen LogP contribution in [0.5, 0.6) is 5.75 Å². The summed E-state index contributed by atoms with van der Waals surface area (Å²) in [4.78, 5) is 12.2. The number of anilines is 1. The maximum Gasteiger partial charge on any atom is 0.153 e. The van der Waals surface area contributed by atoms with Crippen molar-refractivity contribution in [3.63, 3.8) is 0 Å². The number of methoxy groups -OCH3 is 1. The number of halogens is 1. The fourth-order valence-electron chi connectivity index (χ4n) is 2.92. The second-order valence-electron chi connectivity index (χ2n) is 5.79. The molecule has 2 N–H and O–H groups in total. The van der Waals surface area contributed by atoms with Crippen LogP contribution >= 0.6 is 11.6 Å². The van der Waals surface area contributed by atoms with Gasteiger partial charge in [-0.2, -0.15) is 0 Å². The Bertz CT molecular complexity index is 1030. The summed E-state index contributed by atoms with van der Waals surface area (Å²) < 4.78 is 5.18. The smallest absolute Gasteiger partial charge is 0.153 e. The monoisotopic (exact) mass is 352 g/mol. The molecular weight excluding hydrogens is 336 g/mol. The quantitative estimate of drug-likeness (QED) is 0.558. The van der Waals surface area contributed by atoms with Gasteiger partial charge in [0.15, 0.2) is 5.82 Å². The Hall–Kier alpha value is -2.79. The Labute approximate surface area is 150 Å². The van der Waals surface area contributed by atoms with Crippen LogP contribution in [0.3, 0.4) is 0 Å². The largest absolute Gasteiger partial charge is 0.497 e. The molecule has 25 heavy (non-hydrogen) atoms. The third kappa shape index (κ3) is 3.10. The number of aromatic amines is 1. The molecule has 0 radical (unpaired) electrons. The van der Waals surface area contributed by atoms with Gasteiger partial charge >= 0.3 is 0 Å². The molecule has 0 saturated carbocycles. The molecule has 0 amide bonds. The molecular formula is C19H17ClN4O. The van der Waals surface area contributed by atoms with Crippen molar-refractivity contribution in [1.82, 2.24) is 15.0 Å². The molecule has 0 bridgehead atoms. The van der Waals surface area contributed by atoms with E-state index >= 15 is 0 Å². The Morgan fingerprint density at radius 3 is 2.76 bits per heavy atom. The summed E-state index contributed by atoms with van der Waals surface area (Å²) in [7, 11) is 1.67. The molecule has 126 valence electrons. The van der Waals surface area contributed by atoms with E-state index in [1.807, 2.05) is 30.3 Å². The van der Waals surface area contributed by atoms with Gasteiger partial charge in [0.2, 0.25) is 0 Å². The predicted octanol–water partition coefficient (Wildman–Crippen LogP) is 4.43. The lowest BCUT2D eigenvalue weighted by Crippen LogP contribution is -2.07. The second-order valence-corrected chi connectivity index (χ2v) is 6.22. The zero-order valence-electron chi connectivity index (χ0n) is 13.7. The molecule has 0 aliphatic carbocycles. The van der Waals surface area contributed by atoms with E-state index in [1.165, 1.54) is 5.56 Å². The van der Waals surface area contributed by atoms with Crippen molar-refractivity contribution < 1.29 is 4.74 Å². The topological polar surface area (TPSA) is 62.8 Å². The number of hydrogen-bond acceptors (Lipinski definition) is 4. The molecule has 0 aliphatic heterocycles. The molecule has 0 fully saturated rings. The van der Waals surface area contributed by atoms with E-state index in [4.69, 9.17) is 16.3 Å². The lowest BCUT2D eigenvalue weighted by Gasteiger charge is -2.07. The average Bonchev–Trinajstić information content (AvgIpc) is 3.01. The van der Waals surface area contributed by atoms with E-state index < -0.39 is 0 Å². The van der Waals surface area contributed by atoms with E-state index in [0.29, 0.717) is 5.02 Å². The van der Waals surface area contributed by atoms with Crippen molar-refractivity contribution in [2.24, 2.45) is 0 Å². The lowest BCUT2D eigenvalue weighted by atomic mass is 10.1. The van der Waals surface area contributed by atoms with Crippen molar-refractivity contribution in [1.29, 1.82) is 0 Å². The van der Waals surface area contributed by atoms with E-state index in [0.717, 1.165) is 46.5 Å². The highest BCUT2D eigenvalue weighted by Gasteiger charge is 2.10. The van der Waals surface area contributed by atoms with Crippen LogP contribution in [0.1, 0.15) is 5.56 Å². The first-order valence-corrected chi connectivity index (χ1v) is 8.41. The highest BCUT2D eigenvalue weighted by atomic mass is 35.5. The summed E-state index contributed by atoms with van der Waals surface area (Å²) in [6.07, 6.45) is 2.47. The Morgan fingerprint density at radius 2 is 1.96 bits per heavy atom. The van der Waals surface area contributed by atoms with Gasteiger partial charge in [-0.3, -0.25) is 0 Å². The van der Waals surface area contributed by atoms with Crippen LogP contribution < -0.4 is 10.1 Å². The fraction of sp³-hybridized carbons (Fsp3) is 0.158. The Kier molecular flexibility index (Phi) is 4.15. The van der Waals surface area contributed by atoms with Gasteiger partial charge < -0.3 is 15.0 Å². The van der Waals surface area contributed by atoms with Crippen LogP contribution in [0.15, 0.2) is 48.8 Å². The van der Waals surface area contributed by atoms with Crippen LogP contribution in [0.25, 0.3) is 21.9 Å². The number of benzene rings is 2. The van der Waals surface area contributed by atoms with Gasteiger partial charge in [-0.1, -0.05) is 23.7 Å². The number of rotatable bonds is 5. The summed E-state index contributed by atoms with van der Waals surface area (Å²) >= 11 is 6.11. The van der Waals surface area contributed by atoms with Crippen LogP contribution in [0.2, 0.25) is 5.02 Å². The zero-order chi connectivity index (χ0) is 17.2. The van der Waals surface area contributed by atoms with Crippen LogP contribution in [0, 0.1) is 0 Å². The minimum absolute atomic E-state index is 0.695. The van der Waals surface area contributed by atoms with Gasteiger partial charge in [-0.15, -0.1) is 0 Å². The van der Waals surface area contributed by atoms with Gasteiger partial charge in [-0.25, -0.2) is 9.97 Å². The van der Waals surface area contributed by atoms with E-state index in [-0.39, 0.29) is 0 Å². The van der Waals surface area contributed by atoms with E-state index in [9.17, 15) is 0 Å². The van der Waals surface area contributed by atoms with Crippen molar-refractivity contribution >= 4 is 39.4 Å². The first kappa shape index (κ1) is 15.7. The van der Waals surface area contributed by atoms with Crippen LogP contribution in [-0.2, 0) is 6.42 Å². The third-order valence-corrected chi connectivity index (χ3v) is 4.44. The minimum atomic E-state index is 0.695. The number of aromatic nitrogens is 3. The van der Waals surface area contributed by atoms with Crippen molar-refractivity contribution in [3.8, 4) is 5.75 Å². The molecule has 4 aromatic rings. The standard InChI is InChI=1S/C19H17ClN4O/c1-25-14-5-2-12(3-6-14)8-9-21-19-18-17(22-11-23-19)15-10-13(20)4-7-16(15)24-18/h2-7,10-11,24H,8-9H2,1H3,(H,21,22,23). The third-order valence-electron chi connectivity index (χ3n) is 4.21. The first-order chi connectivity index (χ1) is 12.2. The summed E-state index contributed by atoms with van der Waals surface area (Å²) in [5.41, 5.74) is 4.01. The van der Waals surface area contributed by atoms with Crippen molar-refractivity contribution in [2.45, 2.75) is 6.42 Å². The maximum atomic E-state index is 6.11. The number of H-pyrrole nitrogens is 1. The molecule has 0 atom stereocenters. The van der Waals surface area contributed by atoms with Gasteiger partial charge in [0.05, 0.1) is 7.11 Å². The fourth-order valence-corrected chi connectivity index (χ4v) is 3.09. The molecule has 2 aromatic carbocycles. The zero-order valence-corrected chi connectivity index (χ0v) is 14.5. The normalized spacial score (nSPS) is 11.1. The molecule has 5 nitrogen and oxygen atoms in total. The van der Waals surface area contributed by atoms with E-state index in [2.05, 4.69) is 32.4 Å². The molecule has 0 unspecified atom stereocenters. The molecule has 2 aromatic heterocycles. The van der Waals surface area contributed by atoms with Crippen molar-refractivity contribution in [2.75, 3.05) is 19.0 Å². The molecule has 0 aliphatic rings. The number of nitrogens with zero attached hydrogens (tertiary/aromatic N) is 2. The Morgan fingerprint density at radius 1 is 1.12 bits per heavy atom. The summed E-state index contributed by atoms with van der Waals surface area (Å²) in [5, 5.41) is 5.09. The minimum Gasteiger partial charge on any atom is -0.497 e. The number of ether oxygens (including phenoxy) is 1. The maximum absolute atomic E-state index is 6.11. The number of nitrogens with one attached hydrogen (secondary N) is 2. The molecule has 4 rings (SSSR count). The Balaban J connectivity index is 1.55. The van der Waals surface area contributed by atoms with Crippen LogP contribution in [0.4, 0.5) is 5.82 Å². The highest BCUT2D eigenvalue weighted by molar-refractivity contribution is 6.31. The average molecular weight is 353 g/mol. The predicted molar refractivity (Wildman–Crippen MR) is 102 cm³/mol. The number of hydrogen-bond donors (Lipinski definition) is 2. The first-order valence-electron chi connectivity index (χ1n) is 8.03.